The van der Waals surface area contributed by atoms with Gasteiger partial charge in [-0.3, -0.25) is 4.79 Å². The van der Waals surface area contributed by atoms with Crippen molar-refractivity contribution in [2.24, 2.45) is 5.41 Å². The molecule has 0 unspecified atom stereocenters. The van der Waals surface area contributed by atoms with Crippen LogP contribution in [0.2, 0.25) is 0 Å². The van der Waals surface area contributed by atoms with E-state index in [-0.39, 0.29) is 17.9 Å². The second-order valence-electron chi connectivity index (χ2n) is 8.11. The number of aromatic nitrogens is 2. The summed E-state index contributed by atoms with van der Waals surface area (Å²) in [7, 11) is 0. The fraction of sp³-hybridized carbons (Fsp3) is 0.409. The van der Waals surface area contributed by atoms with Crippen LogP contribution in [0.5, 0.6) is 0 Å². The zero-order chi connectivity index (χ0) is 22.3. The Kier molecular flexibility index (Phi) is 8.25. The number of nitrogens with zero attached hydrogens (tertiary/aromatic N) is 2. The molecule has 0 aliphatic heterocycles. The summed E-state index contributed by atoms with van der Waals surface area (Å²) in [5, 5.41) is 16.1. The summed E-state index contributed by atoms with van der Waals surface area (Å²) in [4.78, 5) is 20.8. The van der Waals surface area contributed by atoms with Gasteiger partial charge in [-0.15, -0.1) is 11.8 Å². The Morgan fingerprint density at radius 1 is 1.19 bits per heavy atom. The molecule has 1 aromatic carbocycles. The topological polar surface area (TPSA) is 100 Å². The van der Waals surface area contributed by atoms with Crippen LogP contribution in [0.1, 0.15) is 36.6 Å². The van der Waals surface area contributed by atoms with E-state index in [4.69, 9.17) is 4.42 Å². The van der Waals surface area contributed by atoms with Crippen molar-refractivity contribution in [3.8, 4) is 0 Å². The largest absolute Gasteiger partial charge is 0.445 e. The van der Waals surface area contributed by atoms with Gasteiger partial charge in [0.2, 0.25) is 11.8 Å². The van der Waals surface area contributed by atoms with Gasteiger partial charge in [-0.1, -0.05) is 49.4 Å². The van der Waals surface area contributed by atoms with Crippen molar-refractivity contribution in [3.05, 3.63) is 59.4 Å². The van der Waals surface area contributed by atoms with Crippen LogP contribution in [-0.2, 0) is 23.5 Å². The van der Waals surface area contributed by atoms with Crippen LogP contribution < -0.4 is 10.6 Å². The minimum absolute atomic E-state index is 0.0928. The molecule has 3 rings (SSSR count). The van der Waals surface area contributed by atoms with Crippen LogP contribution in [0.3, 0.4) is 0 Å². The van der Waals surface area contributed by atoms with Crippen LogP contribution in [0, 0.1) is 12.3 Å². The van der Waals surface area contributed by atoms with E-state index in [1.165, 1.54) is 11.3 Å². The van der Waals surface area contributed by atoms with Gasteiger partial charge in [-0.25, -0.2) is 9.97 Å². The van der Waals surface area contributed by atoms with Crippen LogP contribution in [0.4, 0.5) is 5.13 Å². The highest BCUT2D eigenvalue weighted by molar-refractivity contribution is 8.00. The zero-order valence-electron chi connectivity index (χ0n) is 18.0. The van der Waals surface area contributed by atoms with Gasteiger partial charge in [0.05, 0.1) is 28.8 Å². The van der Waals surface area contributed by atoms with Gasteiger partial charge >= 0.3 is 0 Å². The molecule has 0 saturated heterocycles. The first-order valence-corrected chi connectivity index (χ1v) is 11.8. The fourth-order valence-electron chi connectivity index (χ4n) is 2.71. The van der Waals surface area contributed by atoms with Gasteiger partial charge in [0.25, 0.3) is 0 Å². The SMILES string of the molecule is Cc1cnc(CSc2cnc(NC(=O)Cc3ccc(CNCC(C)(C)CO)cc3)s2)o1. The molecule has 9 heteroatoms. The number of aryl methyl sites for hydroxylation is 1. The lowest BCUT2D eigenvalue weighted by Crippen LogP contribution is -2.31. The first-order valence-electron chi connectivity index (χ1n) is 10.0. The van der Waals surface area contributed by atoms with Crippen molar-refractivity contribution in [2.45, 2.75) is 43.7 Å². The molecule has 31 heavy (non-hydrogen) atoms. The average Bonchev–Trinajstić information content (AvgIpc) is 3.36. The normalized spacial score (nSPS) is 11.6. The number of thioether (sulfide) groups is 1. The molecule has 0 spiro atoms. The number of anilines is 1. The van der Waals surface area contributed by atoms with E-state index in [0.29, 0.717) is 23.2 Å². The third-order valence-electron chi connectivity index (χ3n) is 4.49. The molecular weight excluding hydrogens is 432 g/mol. The molecule has 0 aliphatic rings. The summed E-state index contributed by atoms with van der Waals surface area (Å²) in [6, 6.07) is 7.97. The number of hydrogen-bond donors (Lipinski definition) is 3. The lowest BCUT2D eigenvalue weighted by atomic mass is 9.95. The Morgan fingerprint density at radius 2 is 1.94 bits per heavy atom. The third kappa shape index (κ3) is 7.77. The molecule has 0 fully saturated rings. The van der Waals surface area contributed by atoms with Gasteiger partial charge in [-0.05, 0) is 18.1 Å². The monoisotopic (exact) mass is 460 g/mol. The van der Waals surface area contributed by atoms with Crippen molar-refractivity contribution >= 4 is 34.1 Å². The molecule has 7 nitrogen and oxygen atoms in total. The Balaban J connectivity index is 1.42. The number of thiazole rings is 1. The molecule has 166 valence electrons. The van der Waals surface area contributed by atoms with E-state index in [0.717, 1.165) is 34.2 Å². The highest BCUT2D eigenvalue weighted by Gasteiger charge is 2.15. The molecule has 2 heterocycles. The number of carbonyl (C=O) groups is 1. The minimum Gasteiger partial charge on any atom is -0.445 e. The minimum atomic E-state index is -0.138. The van der Waals surface area contributed by atoms with Gasteiger partial charge < -0.3 is 20.2 Å². The molecule has 0 aliphatic carbocycles. The second kappa shape index (κ2) is 10.9. The van der Waals surface area contributed by atoms with E-state index in [1.807, 2.05) is 45.0 Å². The first kappa shape index (κ1) is 23.5. The number of carbonyl (C=O) groups excluding carboxylic acids is 1. The molecule has 2 aromatic heterocycles. The van der Waals surface area contributed by atoms with E-state index in [9.17, 15) is 9.90 Å². The predicted octanol–water partition coefficient (Wildman–Crippen LogP) is 4.02. The van der Waals surface area contributed by atoms with Crippen molar-refractivity contribution in [3.63, 3.8) is 0 Å². The lowest BCUT2D eigenvalue weighted by Gasteiger charge is -2.21. The second-order valence-corrected chi connectivity index (χ2v) is 10.4. The van der Waals surface area contributed by atoms with E-state index >= 15 is 0 Å². The maximum absolute atomic E-state index is 12.4. The van der Waals surface area contributed by atoms with Crippen molar-refractivity contribution in [1.82, 2.24) is 15.3 Å². The number of oxazole rings is 1. The summed E-state index contributed by atoms with van der Waals surface area (Å²) in [5.74, 6) is 2.01. The van der Waals surface area contributed by atoms with Crippen LogP contribution in [0.25, 0.3) is 0 Å². The number of benzene rings is 1. The number of hydrogen-bond acceptors (Lipinski definition) is 8. The summed E-state index contributed by atoms with van der Waals surface area (Å²) in [6.45, 7) is 7.51. The van der Waals surface area contributed by atoms with Crippen molar-refractivity contribution in [2.75, 3.05) is 18.5 Å². The fourth-order valence-corrected chi connectivity index (χ4v) is 4.45. The van der Waals surface area contributed by atoms with E-state index in [2.05, 4.69) is 20.6 Å². The molecule has 0 bridgehead atoms. The summed E-state index contributed by atoms with van der Waals surface area (Å²) < 4.78 is 6.45. The standard InChI is InChI=1S/C22H28N4O3S2/c1-15-9-24-19(29-15)12-30-20-11-25-21(31-20)26-18(28)8-16-4-6-17(7-5-16)10-23-13-22(2,3)14-27/h4-7,9,11,23,27H,8,10,12-14H2,1-3H3,(H,25,26,28). The van der Waals surface area contributed by atoms with E-state index < -0.39 is 0 Å². The maximum atomic E-state index is 12.4. The Hall–Kier alpha value is -2.20. The molecule has 1 amide bonds. The highest BCUT2D eigenvalue weighted by atomic mass is 32.2. The quantitative estimate of drug-likeness (QED) is 0.372. The molecule has 0 saturated carbocycles. The number of amides is 1. The van der Waals surface area contributed by atoms with E-state index in [1.54, 1.807) is 24.2 Å². The molecule has 3 aromatic rings. The van der Waals surface area contributed by atoms with Crippen LogP contribution in [0.15, 0.2) is 45.3 Å². The highest BCUT2D eigenvalue weighted by Crippen LogP contribution is 2.30. The Bertz CT molecular complexity index is 983. The number of aliphatic hydroxyl groups excluding tert-OH is 1. The maximum Gasteiger partial charge on any atom is 0.230 e. The molecular formula is C22H28N4O3S2. The third-order valence-corrected chi connectivity index (χ3v) is 6.58. The Labute approximate surface area is 190 Å². The van der Waals surface area contributed by atoms with Gasteiger partial charge in [0.15, 0.2) is 5.13 Å². The smallest absolute Gasteiger partial charge is 0.230 e. The van der Waals surface area contributed by atoms with Crippen LogP contribution in [-0.4, -0.2) is 34.1 Å². The van der Waals surface area contributed by atoms with Crippen molar-refractivity contribution in [1.29, 1.82) is 0 Å². The van der Waals surface area contributed by atoms with Gasteiger partial charge in [0.1, 0.15) is 5.76 Å². The summed E-state index contributed by atoms with van der Waals surface area (Å²) >= 11 is 3.02. The lowest BCUT2D eigenvalue weighted by molar-refractivity contribution is -0.115. The number of rotatable bonds is 11. The Morgan fingerprint density at radius 3 is 2.61 bits per heavy atom. The predicted molar refractivity (Wildman–Crippen MR) is 124 cm³/mol. The van der Waals surface area contributed by atoms with Crippen molar-refractivity contribution < 1.29 is 14.3 Å². The first-order chi connectivity index (χ1) is 14.8. The molecule has 0 atom stereocenters. The number of nitrogens with one attached hydrogen (secondary N) is 2. The number of aliphatic hydroxyl groups is 1. The molecule has 3 N–H and O–H groups in total. The zero-order valence-corrected chi connectivity index (χ0v) is 19.6. The summed E-state index contributed by atoms with van der Waals surface area (Å²) in [6.07, 6.45) is 3.75. The van der Waals surface area contributed by atoms with Gasteiger partial charge in [-0.2, -0.15) is 0 Å². The van der Waals surface area contributed by atoms with Gasteiger partial charge in [0, 0.05) is 25.1 Å². The van der Waals surface area contributed by atoms with Crippen LogP contribution >= 0.6 is 23.1 Å². The average molecular weight is 461 g/mol. The molecule has 0 radical (unpaired) electrons. The summed E-state index contributed by atoms with van der Waals surface area (Å²) in [5.41, 5.74) is 1.95.